The van der Waals surface area contributed by atoms with Gasteiger partial charge in [-0.05, 0) is 26.2 Å². The first-order chi connectivity index (χ1) is 6.22. The van der Waals surface area contributed by atoms with E-state index in [1.54, 1.807) is 0 Å². The van der Waals surface area contributed by atoms with E-state index in [4.69, 9.17) is 0 Å². The summed E-state index contributed by atoms with van der Waals surface area (Å²) < 4.78 is 0. The lowest BCUT2D eigenvalue weighted by atomic mass is 9.82. The summed E-state index contributed by atoms with van der Waals surface area (Å²) in [4.78, 5) is 13.7. The molecule has 1 aliphatic heterocycles. The van der Waals surface area contributed by atoms with Crippen LogP contribution in [-0.4, -0.2) is 22.9 Å². The van der Waals surface area contributed by atoms with E-state index in [9.17, 15) is 4.79 Å². The zero-order valence-corrected chi connectivity index (χ0v) is 8.51. The van der Waals surface area contributed by atoms with E-state index < -0.39 is 0 Å². The van der Waals surface area contributed by atoms with Crippen molar-refractivity contribution in [2.45, 2.75) is 57.4 Å². The van der Waals surface area contributed by atoms with Crippen LogP contribution in [0.25, 0.3) is 0 Å². The van der Waals surface area contributed by atoms with Gasteiger partial charge in [0.15, 0.2) is 0 Å². The molecule has 0 unspecified atom stereocenters. The molecule has 74 valence electrons. The second-order valence-corrected chi connectivity index (χ2v) is 4.71. The molecule has 2 rings (SSSR count). The normalized spacial score (nSPS) is 28.1. The minimum absolute atomic E-state index is 0.214. The van der Waals surface area contributed by atoms with Crippen molar-refractivity contribution < 1.29 is 4.79 Å². The number of rotatable bonds is 1. The van der Waals surface area contributed by atoms with Crippen LogP contribution in [0.3, 0.4) is 0 Å². The van der Waals surface area contributed by atoms with Crippen molar-refractivity contribution in [2.75, 3.05) is 6.54 Å². The van der Waals surface area contributed by atoms with E-state index in [0.717, 1.165) is 19.4 Å². The molecule has 2 heteroatoms. The third kappa shape index (κ3) is 1.59. The van der Waals surface area contributed by atoms with Crippen molar-refractivity contribution in [3.8, 4) is 0 Å². The first-order valence-corrected chi connectivity index (χ1v) is 5.53. The van der Waals surface area contributed by atoms with E-state index in [1.165, 1.54) is 32.1 Å². The molecule has 2 aliphatic rings. The predicted octanol–water partition coefficient (Wildman–Crippen LogP) is 2.33. The number of amides is 1. The summed E-state index contributed by atoms with van der Waals surface area (Å²) >= 11 is 0. The fourth-order valence-electron chi connectivity index (χ4n) is 2.80. The predicted molar refractivity (Wildman–Crippen MR) is 52.4 cm³/mol. The van der Waals surface area contributed by atoms with Gasteiger partial charge in [0.25, 0.3) is 0 Å². The monoisotopic (exact) mass is 181 g/mol. The molecule has 1 heterocycles. The molecule has 0 atom stereocenters. The molecule has 13 heavy (non-hydrogen) atoms. The lowest BCUT2D eigenvalue weighted by Crippen LogP contribution is -2.48. The van der Waals surface area contributed by atoms with Gasteiger partial charge in [-0.3, -0.25) is 4.79 Å². The van der Waals surface area contributed by atoms with E-state index >= 15 is 0 Å². The fraction of sp³-hybridized carbons (Fsp3) is 0.909. The summed E-state index contributed by atoms with van der Waals surface area (Å²) in [6.45, 7) is 3.28. The summed E-state index contributed by atoms with van der Waals surface area (Å²) in [6.07, 6.45) is 8.28. The smallest absolute Gasteiger partial charge is 0.223 e. The highest BCUT2D eigenvalue weighted by Gasteiger charge is 2.38. The molecule has 0 aromatic heterocycles. The Balaban J connectivity index is 2.07. The first kappa shape index (κ1) is 9.04. The van der Waals surface area contributed by atoms with Crippen molar-refractivity contribution >= 4 is 5.91 Å². The number of nitrogens with zero attached hydrogens (tertiary/aromatic N) is 1. The number of carbonyl (C=O) groups is 1. The molecule has 0 bridgehead atoms. The number of hydrogen-bond donors (Lipinski definition) is 0. The maximum absolute atomic E-state index is 11.6. The average molecular weight is 181 g/mol. The maximum atomic E-state index is 11.6. The van der Waals surface area contributed by atoms with Crippen LogP contribution in [0.1, 0.15) is 51.9 Å². The molecule has 2 nitrogen and oxygen atoms in total. The molecule has 0 spiro atoms. The third-order valence-electron chi connectivity index (χ3n) is 3.66. The number of likely N-dealkylation sites (tertiary alicyclic amines) is 1. The SMILES string of the molecule is CC1(N2CCCC2=O)CCCCC1. The van der Waals surface area contributed by atoms with Gasteiger partial charge in [0.05, 0.1) is 0 Å². The van der Waals surface area contributed by atoms with Crippen LogP contribution in [0.4, 0.5) is 0 Å². The molecule has 2 fully saturated rings. The summed E-state index contributed by atoms with van der Waals surface area (Å²) in [5, 5.41) is 0. The van der Waals surface area contributed by atoms with Crippen molar-refractivity contribution in [1.82, 2.24) is 4.90 Å². The number of carbonyl (C=O) groups excluding carboxylic acids is 1. The van der Waals surface area contributed by atoms with Crippen LogP contribution >= 0.6 is 0 Å². The zero-order valence-electron chi connectivity index (χ0n) is 8.51. The van der Waals surface area contributed by atoms with Gasteiger partial charge in [0.1, 0.15) is 0 Å². The highest BCUT2D eigenvalue weighted by molar-refractivity contribution is 5.78. The Labute approximate surface area is 80.3 Å². The van der Waals surface area contributed by atoms with E-state index in [0.29, 0.717) is 5.91 Å². The molecule has 0 aromatic carbocycles. The van der Waals surface area contributed by atoms with Gasteiger partial charge in [0.2, 0.25) is 5.91 Å². The van der Waals surface area contributed by atoms with Crippen molar-refractivity contribution in [3.63, 3.8) is 0 Å². The van der Waals surface area contributed by atoms with Crippen LogP contribution in [0.5, 0.6) is 0 Å². The average Bonchev–Trinajstić information content (AvgIpc) is 2.53. The molecule has 0 N–H and O–H groups in total. The quantitative estimate of drug-likeness (QED) is 0.608. The molecular formula is C11H19NO. The van der Waals surface area contributed by atoms with Crippen LogP contribution in [0.15, 0.2) is 0 Å². The molecule has 1 amide bonds. The van der Waals surface area contributed by atoms with Crippen LogP contribution in [0, 0.1) is 0 Å². The lowest BCUT2D eigenvalue weighted by molar-refractivity contribution is -0.133. The van der Waals surface area contributed by atoms with Gasteiger partial charge in [0, 0.05) is 18.5 Å². The van der Waals surface area contributed by atoms with Gasteiger partial charge in [-0.15, -0.1) is 0 Å². The van der Waals surface area contributed by atoms with Gasteiger partial charge in [-0.1, -0.05) is 19.3 Å². The standard InChI is InChI=1S/C11H19NO/c1-11(7-3-2-4-8-11)12-9-5-6-10(12)13/h2-9H2,1H3. The second-order valence-electron chi connectivity index (χ2n) is 4.71. The van der Waals surface area contributed by atoms with E-state index in [2.05, 4.69) is 11.8 Å². The Bertz CT molecular complexity index is 206. The van der Waals surface area contributed by atoms with E-state index in [1.807, 2.05) is 0 Å². The third-order valence-corrected chi connectivity index (χ3v) is 3.66. The van der Waals surface area contributed by atoms with Crippen molar-refractivity contribution in [2.24, 2.45) is 0 Å². The highest BCUT2D eigenvalue weighted by Crippen LogP contribution is 2.35. The van der Waals surface area contributed by atoms with Gasteiger partial charge in [-0.2, -0.15) is 0 Å². The Morgan fingerprint density at radius 3 is 2.38 bits per heavy atom. The Morgan fingerprint density at radius 1 is 1.15 bits per heavy atom. The highest BCUT2D eigenvalue weighted by atomic mass is 16.2. The Kier molecular flexibility index (Phi) is 2.31. The lowest BCUT2D eigenvalue weighted by Gasteiger charge is -2.41. The Morgan fingerprint density at radius 2 is 1.85 bits per heavy atom. The fourth-order valence-corrected chi connectivity index (χ4v) is 2.80. The molecule has 0 aromatic rings. The topological polar surface area (TPSA) is 20.3 Å². The van der Waals surface area contributed by atoms with Crippen LogP contribution in [0.2, 0.25) is 0 Å². The summed E-state index contributed by atoms with van der Waals surface area (Å²) in [7, 11) is 0. The van der Waals surface area contributed by atoms with E-state index in [-0.39, 0.29) is 5.54 Å². The minimum Gasteiger partial charge on any atom is -0.337 e. The summed E-state index contributed by atoms with van der Waals surface area (Å²) in [6, 6.07) is 0. The van der Waals surface area contributed by atoms with Crippen molar-refractivity contribution in [1.29, 1.82) is 0 Å². The summed E-state index contributed by atoms with van der Waals surface area (Å²) in [5.74, 6) is 0.393. The first-order valence-electron chi connectivity index (χ1n) is 5.53. The number of hydrogen-bond acceptors (Lipinski definition) is 1. The van der Waals surface area contributed by atoms with Crippen molar-refractivity contribution in [3.05, 3.63) is 0 Å². The molecule has 1 aliphatic carbocycles. The summed E-state index contributed by atoms with van der Waals surface area (Å²) in [5.41, 5.74) is 0.214. The molecule has 0 radical (unpaired) electrons. The van der Waals surface area contributed by atoms with Crippen LogP contribution in [-0.2, 0) is 4.79 Å². The Hall–Kier alpha value is -0.530. The molecule has 1 saturated carbocycles. The minimum atomic E-state index is 0.214. The molecule has 1 saturated heterocycles. The second kappa shape index (κ2) is 3.32. The van der Waals surface area contributed by atoms with Gasteiger partial charge >= 0.3 is 0 Å². The van der Waals surface area contributed by atoms with Gasteiger partial charge in [-0.25, -0.2) is 0 Å². The zero-order chi connectivity index (χ0) is 9.31. The molecular weight excluding hydrogens is 162 g/mol. The largest absolute Gasteiger partial charge is 0.337 e. The van der Waals surface area contributed by atoms with Gasteiger partial charge < -0.3 is 4.90 Å². The maximum Gasteiger partial charge on any atom is 0.223 e. The van der Waals surface area contributed by atoms with Crippen LogP contribution < -0.4 is 0 Å².